The van der Waals surface area contributed by atoms with Gasteiger partial charge in [0.2, 0.25) is 0 Å². The number of benzene rings is 3. The second kappa shape index (κ2) is 9.70. The fraction of sp³-hybridized carbons (Fsp3) is 0.160. The molecule has 4 rings (SSSR count). The summed E-state index contributed by atoms with van der Waals surface area (Å²) in [5.74, 6) is 2.38. The number of anilines is 1. The zero-order valence-corrected chi connectivity index (χ0v) is 19.2. The Balaban J connectivity index is 1.72. The van der Waals surface area contributed by atoms with Crippen LogP contribution in [0.2, 0.25) is 0 Å². The first-order valence-electron chi connectivity index (χ1n) is 10.1. The summed E-state index contributed by atoms with van der Waals surface area (Å²) in [5.41, 5.74) is 0.929. The van der Waals surface area contributed by atoms with Gasteiger partial charge in [0.1, 0.15) is 11.5 Å². The van der Waals surface area contributed by atoms with Gasteiger partial charge in [0.15, 0.2) is 17.2 Å². The fourth-order valence-electron chi connectivity index (χ4n) is 3.39. The Bertz CT molecular complexity index is 1280. The molecular formula is C25H23NO6S. The predicted molar refractivity (Wildman–Crippen MR) is 129 cm³/mol. The number of ether oxygens (including phenoxy) is 4. The van der Waals surface area contributed by atoms with E-state index in [9.17, 15) is 9.90 Å². The third-order valence-corrected chi connectivity index (χ3v) is 6.19. The van der Waals surface area contributed by atoms with Crippen LogP contribution in [-0.4, -0.2) is 32.4 Å². The Hall–Kier alpha value is -3.91. The minimum absolute atomic E-state index is 0.223. The quantitative estimate of drug-likeness (QED) is 0.312. The molecule has 0 aliphatic carbocycles. The second-order valence-corrected chi connectivity index (χ2v) is 8.21. The first-order chi connectivity index (χ1) is 16.0. The number of methoxy groups -OCH3 is 3. The summed E-state index contributed by atoms with van der Waals surface area (Å²) in [6, 6.07) is 17.9. The normalized spacial score (nSPS) is 10.6. The lowest BCUT2D eigenvalue weighted by Gasteiger charge is -2.11. The Morgan fingerprint density at radius 1 is 0.909 bits per heavy atom. The number of fused-ring (bicyclic) bond motifs is 1. The SMILES string of the molecule is COc1ccc(Oc2c(CNc3cccc(C(=O)O)c3)sc3cc(OC)c(OC)cc23)cc1. The lowest BCUT2D eigenvalue weighted by atomic mass is 10.2. The Labute approximate surface area is 195 Å². The number of thiophene rings is 1. The molecular weight excluding hydrogens is 442 g/mol. The van der Waals surface area contributed by atoms with Crippen LogP contribution in [-0.2, 0) is 6.54 Å². The second-order valence-electron chi connectivity index (χ2n) is 7.07. The number of carboxylic acids is 1. The van der Waals surface area contributed by atoms with Crippen LogP contribution in [0, 0.1) is 0 Å². The number of hydrogen-bond acceptors (Lipinski definition) is 7. The molecule has 0 amide bonds. The molecule has 0 aliphatic rings. The molecule has 170 valence electrons. The Kier molecular flexibility index (Phi) is 6.55. The fourth-order valence-corrected chi connectivity index (χ4v) is 4.47. The maximum Gasteiger partial charge on any atom is 0.335 e. The highest BCUT2D eigenvalue weighted by molar-refractivity contribution is 7.19. The van der Waals surface area contributed by atoms with E-state index in [1.54, 1.807) is 50.9 Å². The molecule has 33 heavy (non-hydrogen) atoms. The van der Waals surface area contributed by atoms with Crippen LogP contribution in [0.1, 0.15) is 15.2 Å². The van der Waals surface area contributed by atoms with Crippen LogP contribution in [0.15, 0.2) is 60.7 Å². The zero-order chi connectivity index (χ0) is 23.4. The van der Waals surface area contributed by atoms with E-state index in [0.717, 1.165) is 20.7 Å². The van der Waals surface area contributed by atoms with Crippen molar-refractivity contribution in [1.82, 2.24) is 0 Å². The van der Waals surface area contributed by atoms with E-state index in [0.29, 0.717) is 35.2 Å². The molecule has 0 spiro atoms. The highest BCUT2D eigenvalue weighted by atomic mass is 32.1. The summed E-state index contributed by atoms with van der Waals surface area (Å²) in [6.07, 6.45) is 0. The number of rotatable bonds is 9. The van der Waals surface area contributed by atoms with Gasteiger partial charge in [-0.2, -0.15) is 0 Å². The van der Waals surface area contributed by atoms with Crippen LogP contribution in [0.4, 0.5) is 5.69 Å². The van der Waals surface area contributed by atoms with Crippen molar-refractivity contribution in [1.29, 1.82) is 0 Å². The van der Waals surface area contributed by atoms with Gasteiger partial charge in [0.25, 0.3) is 0 Å². The average molecular weight is 466 g/mol. The first-order valence-corrected chi connectivity index (χ1v) is 10.9. The van der Waals surface area contributed by atoms with Crippen LogP contribution in [0.5, 0.6) is 28.7 Å². The highest BCUT2D eigenvalue weighted by Crippen LogP contribution is 2.45. The van der Waals surface area contributed by atoms with Crippen molar-refractivity contribution in [3.05, 3.63) is 71.1 Å². The van der Waals surface area contributed by atoms with Gasteiger partial charge in [-0.1, -0.05) is 6.07 Å². The molecule has 3 aromatic carbocycles. The third kappa shape index (κ3) is 4.80. The zero-order valence-electron chi connectivity index (χ0n) is 18.4. The number of carboxylic acid groups (broad SMARTS) is 1. The van der Waals surface area contributed by atoms with Crippen molar-refractivity contribution < 1.29 is 28.8 Å². The summed E-state index contributed by atoms with van der Waals surface area (Å²) in [4.78, 5) is 12.2. The van der Waals surface area contributed by atoms with Gasteiger partial charge in [-0.3, -0.25) is 0 Å². The standard InChI is InChI=1S/C25H23NO6S/c1-29-17-7-9-18(10-8-17)32-24-19-12-20(30-2)21(31-3)13-22(19)33-23(24)14-26-16-6-4-5-15(11-16)25(27)28/h4-13,26H,14H2,1-3H3,(H,27,28). The number of aromatic carboxylic acids is 1. The number of hydrogen-bond donors (Lipinski definition) is 2. The van der Waals surface area contributed by atoms with Crippen LogP contribution in [0.25, 0.3) is 10.1 Å². The predicted octanol–water partition coefficient (Wildman–Crippen LogP) is 6.03. The molecule has 0 bridgehead atoms. The van der Waals surface area contributed by atoms with Gasteiger partial charge in [-0.05, 0) is 48.5 Å². The molecule has 0 radical (unpaired) electrons. The van der Waals surface area contributed by atoms with Crippen LogP contribution >= 0.6 is 11.3 Å². The summed E-state index contributed by atoms with van der Waals surface area (Å²) in [7, 11) is 4.81. The molecule has 7 nitrogen and oxygen atoms in total. The Morgan fingerprint density at radius 2 is 1.61 bits per heavy atom. The summed E-state index contributed by atoms with van der Waals surface area (Å²) in [6.45, 7) is 0.443. The van der Waals surface area contributed by atoms with E-state index in [1.807, 2.05) is 42.5 Å². The van der Waals surface area contributed by atoms with Crippen molar-refractivity contribution in [3.63, 3.8) is 0 Å². The lowest BCUT2D eigenvalue weighted by Crippen LogP contribution is -2.01. The van der Waals surface area contributed by atoms with Crippen molar-refractivity contribution in [2.24, 2.45) is 0 Å². The molecule has 1 aromatic heterocycles. The minimum atomic E-state index is -0.969. The van der Waals surface area contributed by atoms with Gasteiger partial charge in [-0.15, -0.1) is 11.3 Å². The summed E-state index contributed by atoms with van der Waals surface area (Å²) < 4.78 is 23.5. The van der Waals surface area contributed by atoms with E-state index < -0.39 is 5.97 Å². The van der Waals surface area contributed by atoms with Crippen molar-refractivity contribution in [3.8, 4) is 28.7 Å². The monoisotopic (exact) mass is 465 g/mol. The number of carbonyl (C=O) groups is 1. The molecule has 1 heterocycles. The molecule has 0 saturated heterocycles. The van der Waals surface area contributed by atoms with Crippen molar-refractivity contribution in [2.45, 2.75) is 6.54 Å². The van der Waals surface area contributed by atoms with Gasteiger partial charge in [0.05, 0.1) is 38.3 Å². The highest BCUT2D eigenvalue weighted by Gasteiger charge is 2.18. The summed E-state index contributed by atoms with van der Waals surface area (Å²) in [5, 5.41) is 13.5. The minimum Gasteiger partial charge on any atom is -0.497 e. The molecule has 4 aromatic rings. The topological polar surface area (TPSA) is 86.3 Å². The van der Waals surface area contributed by atoms with Crippen molar-refractivity contribution in [2.75, 3.05) is 26.6 Å². The van der Waals surface area contributed by atoms with Crippen molar-refractivity contribution >= 4 is 33.1 Å². The molecule has 8 heteroatoms. The largest absolute Gasteiger partial charge is 0.497 e. The molecule has 0 saturated carbocycles. The third-order valence-electron chi connectivity index (χ3n) is 5.06. The Morgan fingerprint density at radius 3 is 2.27 bits per heavy atom. The molecule has 0 fully saturated rings. The molecule has 2 N–H and O–H groups in total. The van der Waals surface area contributed by atoms with Gasteiger partial charge in [-0.25, -0.2) is 4.79 Å². The molecule has 0 atom stereocenters. The van der Waals surface area contributed by atoms with E-state index in [2.05, 4.69) is 5.32 Å². The molecule has 0 aliphatic heterocycles. The number of nitrogens with one attached hydrogen (secondary N) is 1. The van der Waals surface area contributed by atoms with E-state index >= 15 is 0 Å². The lowest BCUT2D eigenvalue weighted by molar-refractivity contribution is 0.0697. The first kappa shape index (κ1) is 22.3. The molecule has 0 unspecified atom stereocenters. The van der Waals surface area contributed by atoms with Crippen LogP contribution < -0.4 is 24.3 Å². The average Bonchev–Trinajstić information content (AvgIpc) is 3.18. The van der Waals surface area contributed by atoms with Gasteiger partial charge >= 0.3 is 5.97 Å². The van der Waals surface area contributed by atoms with E-state index in [4.69, 9.17) is 18.9 Å². The van der Waals surface area contributed by atoms with Crippen LogP contribution in [0.3, 0.4) is 0 Å². The van der Waals surface area contributed by atoms with Gasteiger partial charge in [0, 0.05) is 21.8 Å². The van der Waals surface area contributed by atoms with E-state index in [1.165, 1.54) is 0 Å². The maximum absolute atomic E-state index is 11.3. The summed E-state index contributed by atoms with van der Waals surface area (Å²) >= 11 is 1.57. The van der Waals surface area contributed by atoms with E-state index in [-0.39, 0.29) is 5.56 Å². The maximum atomic E-state index is 11.3. The smallest absolute Gasteiger partial charge is 0.335 e. The van der Waals surface area contributed by atoms with Gasteiger partial charge < -0.3 is 29.4 Å².